The molecule has 106 valence electrons. The van der Waals surface area contributed by atoms with Gasteiger partial charge in [0.2, 0.25) is 0 Å². The summed E-state index contributed by atoms with van der Waals surface area (Å²) >= 11 is 5.04. The summed E-state index contributed by atoms with van der Waals surface area (Å²) in [4.78, 5) is 4.65. The number of thiocarbonyl (C=S) groups is 1. The molecule has 1 aromatic rings. The van der Waals surface area contributed by atoms with Crippen LogP contribution in [0.5, 0.6) is 5.75 Å². The van der Waals surface area contributed by atoms with Gasteiger partial charge in [-0.3, -0.25) is 4.98 Å². The minimum Gasteiger partial charge on any atom is -0.490 e. The van der Waals surface area contributed by atoms with E-state index in [2.05, 4.69) is 4.98 Å². The Kier molecular flexibility index (Phi) is 5.26. The quantitative estimate of drug-likeness (QED) is 0.664. The van der Waals surface area contributed by atoms with E-state index in [1.165, 1.54) is 0 Å². The Labute approximate surface area is 120 Å². The molecule has 5 heteroatoms. The average molecular weight is 282 g/mol. The van der Waals surface area contributed by atoms with Crippen LogP contribution in [0.3, 0.4) is 0 Å². The summed E-state index contributed by atoms with van der Waals surface area (Å²) in [5, 5.41) is 0. The van der Waals surface area contributed by atoms with Gasteiger partial charge in [0.25, 0.3) is 0 Å². The van der Waals surface area contributed by atoms with Gasteiger partial charge in [-0.25, -0.2) is 0 Å². The van der Waals surface area contributed by atoms with E-state index >= 15 is 0 Å². The van der Waals surface area contributed by atoms with Crippen molar-refractivity contribution in [1.82, 2.24) is 4.98 Å². The largest absolute Gasteiger partial charge is 0.490 e. The van der Waals surface area contributed by atoms with Crippen LogP contribution in [0.2, 0.25) is 0 Å². The van der Waals surface area contributed by atoms with Crippen molar-refractivity contribution in [3.8, 4) is 5.75 Å². The molecule has 4 nitrogen and oxygen atoms in total. The van der Waals surface area contributed by atoms with Gasteiger partial charge in [-0.2, -0.15) is 0 Å². The molecule has 0 aliphatic carbocycles. The molecule has 0 radical (unpaired) electrons. The minimum atomic E-state index is -0.167. The van der Waals surface area contributed by atoms with E-state index in [-0.39, 0.29) is 5.60 Å². The minimum absolute atomic E-state index is 0.167. The van der Waals surface area contributed by atoms with E-state index in [0.29, 0.717) is 29.5 Å². The van der Waals surface area contributed by atoms with Crippen LogP contribution < -0.4 is 10.5 Å². The first-order valence-corrected chi connectivity index (χ1v) is 6.66. The third-order valence-electron chi connectivity index (χ3n) is 2.41. The van der Waals surface area contributed by atoms with Crippen molar-refractivity contribution in [2.24, 2.45) is 5.73 Å². The molecule has 0 aromatic carbocycles. The van der Waals surface area contributed by atoms with Crippen molar-refractivity contribution in [3.63, 3.8) is 0 Å². The second-order valence-electron chi connectivity index (χ2n) is 5.40. The van der Waals surface area contributed by atoms with Crippen LogP contribution in [0.1, 0.15) is 37.7 Å². The Morgan fingerprint density at radius 2 is 1.95 bits per heavy atom. The second kappa shape index (κ2) is 6.30. The predicted octanol–water partition coefficient (Wildman–Crippen LogP) is 2.53. The van der Waals surface area contributed by atoms with Crippen LogP contribution >= 0.6 is 12.2 Å². The summed E-state index contributed by atoms with van der Waals surface area (Å²) in [6.45, 7) is 10.8. The Bertz CT molecular complexity index is 467. The molecular formula is C14H22N2O2S. The van der Waals surface area contributed by atoms with Crippen LogP contribution in [-0.4, -0.2) is 28.8 Å². The summed E-state index contributed by atoms with van der Waals surface area (Å²) in [5.41, 5.74) is 7.93. The van der Waals surface area contributed by atoms with Gasteiger partial charge < -0.3 is 15.2 Å². The van der Waals surface area contributed by atoms with Crippen molar-refractivity contribution in [3.05, 3.63) is 23.0 Å². The van der Waals surface area contributed by atoms with Crippen LogP contribution in [-0.2, 0) is 4.74 Å². The van der Waals surface area contributed by atoms with Crippen molar-refractivity contribution in [2.45, 2.75) is 40.2 Å². The fourth-order valence-corrected chi connectivity index (χ4v) is 1.95. The lowest BCUT2D eigenvalue weighted by Crippen LogP contribution is -2.23. The van der Waals surface area contributed by atoms with Gasteiger partial charge in [0, 0.05) is 11.8 Å². The van der Waals surface area contributed by atoms with Gasteiger partial charge in [-0.1, -0.05) is 12.2 Å². The maximum atomic E-state index is 5.72. The standard InChI is InChI=1S/C14H22N2O2S/c1-9-8-11(12(13(15)19)10(2)16-9)17-6-7-18-14(3,4)5/h8H,6-7H2,1-5H3,(H2,15,19). The Morgan fingerprint density at radius 1 is 1.32 bits per heavy atom. The first-order valence-electron chi connectivity index (χ1n) is 6.25. The number of hydrogen-bond acceptors (Lipinski definition) is 4. The molecule has 2 N–H and O–H groups in total. The molecule has 0 atom stereocenters. The Morgan fingerprint density at radius 3 is 2.47 bits per heavy atom. The molecule has 0 spiro atoms. The topological polar surface area (TPSA) is 57.4 Å². The maximum absolute atomic E-state index is 5.72. The summed E-state index contributed by atoms with van der Waals surface area (Å²) in [6, 6.07) is 1.85. The van der Waals surface area contributed by atoms with Crippen molar-refractivity contribution >= 4 is 17.2 Å². The number of aromatic nitrogens is 1. The zero-order chi connectivity index (χ0) is 14.6. The lowest BCUT2D eigenvalue weighted by molar-refractivity contribution is -0.0163. The van der Waals surface area contributed by atoms with Crippen molar-refractivity contribution in [1.29, 1.82) is 0 Å². The van der Waals surface area contributed by atoms with E-state index < -0.39 is 0 Å². The van der Waals surface area contributed by atoms with Gasteiger partial charge in [-0.05, 0) is 34.6 Å². The lowest BCUT2D eigenvalue weighted by atomic mass is 10.1. The number of rotatable bonds is 5. The molecule has 0 amide bonds. The first-order chi connectivity index (χ1) is 8.70. The highest BCUT2D eigenvalue weighted by Gasteiger charge is 2.13. The number of aryl methyl sites for hydroxylation is 2. The highest BCUT2D eigenvalue weighted by molar-refractivity contribution is 7.80. The molecule has 1 rings (SSSR count). The smallest absolute Gasteiger partial charge is 0.133 e. The van der Waals surface area contributed by atoms with Crippen LogP contribution in [0.15, 0.2) is 6.07 Å². The number of nitrogens with zero attached hydrogens (tertiary/aromatic N) is 1. The van der Waals surface area contributed by atoms with E-state index in [9.17, 15) is 0 Å². The van der Waals surface area contributed by atoms with Crippen molar-refractivity contribution < 1.29 is 9.47 Å². The zero-order valence-corrected chi connectivity index (χ0v) is 13.1. The number of nitrogens with two attached hydrogens (primary N) is 1. The summed E-state index contributed by atoms with van der Waals surface area (Å²) < 4.78 is 11.3. The molecule has 0 aliphatic heterocycles. The predicted molar refractivity (Wildman–Crippen MR) is 80.8 cm³/mol. The highest BCUT2D eigenvalue weighted by Crippen LogP contribution is 2.22. The molecule has 0 saturated heterocycles. The maximum Gasteiger partial charge on any atom is 0.133 e. The monoisotopic (exact) mass is 282 g/mol. The molecule has 1 heterocycles. The average Bonchev–Trinajstić information content (AvgIpc) is 2.21. The van der Waals surface area contributed by atoms with E-state index in [1.807, 2.05) is 40.7 Å². The molecule has 1 aromatic heterocycles. The van der Waals surface area contributed by atoms with Gasteiger partial charge in [0.05, 0.1) is 23.5 Å². The molecule has 0 unspecified atom stereocenters. The number of pyridine rings is 1. The van der Waals surface area contributed by atoms with Crippen LogP contribution in [0, 0.1) is 13.8 Å². The number of hydrogen-bond donors (Lipinski definition) is 1. The third-order valence-corrected chi connectivity index (χ3v) is 2.62. The number of ether oxygens (including phenoxy) is 2. The van der Waals surface area contributed by atoms with E-state index in [1.54, 1.807) is 0 Å². The lowest BCUT2D eigenvalue weighted by Gasteiger charge is -2.20. The van der Waals surface area contributed by atoms with Gasteiger partial charge >= 0.3 is 0 Å². The Balaban J connectivity index is 2.75. The fraction of sp³-hybridized carbons (Fsp3) is 0.571. The summed E-state index contributed by atoms with van der Waals surface area (Å²) in [7, 11) is 0. The summed E-state index contributed by atoms with van der Waals surface area (Å²) in [5.74, 6) is 0.676. The zero-order valence-electron chi connectivity index (χ0n) is 12.2. The van der Waals surface area contributed by atoms with Crippen molar-refractivity contribution in [2.75, 3.05) is 13.2 Å². The van der Waals surface area contributed by atoms with E-state index in [4.69, 9.17) is 27.4 Å². The van der Waals surface area contributed by atoms with Crippen LogP contribution in [0.4, 0.5) is 0 Å². The normalized spacial score (nSPS) is 11.4. The second-order valence-corrected chi connectivity index (χ2v) is 5.84. The van der Waals surface area contributed by atoms with Crippen LogP contribution in [0.25, 0.3) is 0 Å². The molecule has 19 heavy (non-hydrogen) atoms. The molecular weight excluding hydrogens is 260 g/mol. The molecule has 0 fully saturated rings. The third kappa shape index (κ3) is 5.12. The van der Waals surface area contributed by atoms with E-state index in [0.717, 1.165) is 11.4 Å². The fourth-order valence-electron chi connectivity index (χ4n) is 1.71. The Hall–Kier alpha value is -1.20. The van der Waals surface area contributed by atoms with Gasteiger partial charge in [0.15, 0.2) is 0 Å². The highest BCUT2D eigenvalue weighted by atomic mass is 32.1. The first kappa shape index (κ1) is 15.9. The molecule has 0 saturated carbocycles. The molecule has 0 aliphatic rings. The summed E-state index contributed by atoms with van der Waals surface area (Å²) in [6.07, 6.45) is 0. The molecule has 0 bridgehead atoms. The van der Waals surface area contributed by atoms with Gasteiger partial charge in [-0.15, -0.1) is 0 Å². The SMILES string of the molecule is Cc1cc(OCCOC(C)(C)C)c(C(N)=S)c(C)n1. The van der Waals surface area contributed by atoms with Gasteiger partial charge in [0.1, 0.15) is 17.3 Å².